The van der Waals surface area contributed by atoms with Gasteiger partial charge in [-0.2, -0.15) is 0 Å². The van der Waals surface area contributed by atoms with Crippen LogP contribution in [0.1, 0.15) is 93.4 Å². The van der Waals surface area contributed by atoms with Crippen LogP contribution in [0.25, 0.3) is 0 Å². The van der Waals surface area contributed by atoms with Gasteiger partial charge in [-0.3, -0.25) is 0 Å². The maximum Gasteiger partial charge on any atom is -0.0386 e. The molecule has 0 aromatic rings. The lowest BCUT2D eigenvalue weighted by atomic mass is 9.73. The molecule has 0 spiro atoms. The monoisotopic (exact) mass is 268 g/mol. The highest BCUT2D eigenvalue weighted by Crippen LogP contribution is 2.35. The molecule has 0 aliphatic heterocycles. The molecule has 4 unspecified atom stereocenters. The van der Waals surface area contributed by atoms with Gasteiger partial charge in [0, 0.05) is 0 Å². The van der Waals surface area contributed by atoms with E-state index in [9.17, 15) is 0 Å². The summed E-state index contributed by atoms with van der Waals surface area (Å²) in [6, 6.07) is 0. The second kappa shape index (κ2) is 10.7. The molecule has 4 atom stereocenters. The van der Waals surface area contributed by atoms with E-state index in [4.69, 9.17) is 0 Å². The minimum Gasteiger partial charge on any atom is -0.0654 e. The first-order valence-electron chi connectivity index (χ1n) is 9.01. The first kappa shape index (κ1) is 19.0. The quantitative estimate of drug-likeness (QED) is 0.381. The van der Waals surface area contributed by atoms with E-state index in [-0.39, 0.29) is 0 Å². The number of rotatable bonds is 11. The average molecular weight is 269 g/mol. The Labute approximate surface area is 123 Å². The fraction of sp³-hybridized carbons (Fsp3) is 1.00. The van der Waals surface area contributed by atoms with Gasteiger partial charge in [0.2, 0.25) is 0 Å². The van der Waals surface area contributed by atoms with Crippen LogP contribution in [-0.2, 0) is 0 Å². The Hall–Kier alpha value is 0. The maximum atomic E-state index is 2.51. The molecule has 0 aromatic heterocycles. The van der Waals surface area contributed by atoms with Gasteiger partial charge in [-0.05, 0) is 36.0 Å². The molecular weight excluding hydrogens is 228 g/mol. The Bertz CT molecular complexity index is 192. The summed E-state index contributed by atoms with van der Waals surface area (Å²) in [6.07, 6.45) is 9.69. The minimum absolute atomic E-state index is 0.897. The number of hydrogen-bond donors (Lipinski definition) is 0. The van der Waals surface area contributed by atoms with Crippen LogP contribution in [0.5, 0.6) is 0 Å². The van der Waals surface area contributed by atoms with Gasteiger partial charge in [0.1, 0.15) is 0 Å². The summed E-state index contributed by atoms with van der Waals surface area (Å²) < 4.78 is 0. The van der Waals surface area contributed by atoms with E-state index in [1.807, 2.05) is 0 Å². The zero-order chi connectivity index (χ0) is 14.8. The maximum absolute atomic E-state index is 2.51. The van der Waals surface area contributed by atoms with E-state index in [1.54, 1.807) is 0 Å². The van der Waals surface area contributed by atoms with Crippen LogP contribution in [-0.4, -0.2) is 0 Å². The second-order valence-corrected chi connectivity index (χ2v) is 6.94. The first-order valence-corrected chi connectivity index (χ1v) is 9.01. The summed E-state index contributed by atoms with van der Waals surface area (Å²) in [5.74, 6) is 4.57. The summed E-state index contributed by atoms with van der Waals surface area (Å²) >= 11 is 0. The van der Waals surface area contributed by atoms with E-state index >= 15 is 0 Å². The Morgan fingerprint density at radius 1 is 0.684 bits per heavy atom. The molecule has 0 heteroatoms. The largest absolute Gasteiger partial charge is 0.0654 e. The summed E-state index contributed by atoms with van der Waals surface area (Å²) in [4.78, 5) is 0. The molecule has 0 fully saturated rings. The fourth-order valence-corrected chi connectivity index (χ4v) is 3.69. The van der Waals surface area contributed by atoms with Crippen molar-refractivity contribution in [3.8, 4) is 0 Å². The standard InChI is InChI=1S/C19H40/c1-8-12-13-15(5)16(6)14-19(11-4)17(7)18(9-2)10-3/h15-19H,8-14H2,1-7H3. The normalized spacial score (nSPS) is 18.3. The third kappa shape index (κ3) is 6.82. The molecule has 0 bridgehead atoms. The highest BCUT2D eigenvalue weighted by Gasteiger charge is 2.25. The molecule has 116 valence electrons. The molecule has 0 saturated heterocycles. The van der Waals surface area contributed by atoms with E-state index in [0.29, 0.717) is 0 Å². The van der Waals surface area contributed by atoms with Crippen LogP contribution < -0.4 is 0 Å². The van der Waals surface area contributed by atoms with Crippen molar-refractivity contribution < 1.29 is 0 Å². The molecule has 0 amide bonds. The van der Waals surface area contributed by atoms with Gasteiger partial charge in [-0.15, -0.1) is 0 Å². The van der Waals surface area contributed by atoms with Crippen molar-refractivity contribution in [3.05, 3.63) is 0 Å². The van der Waals surface area contributed by atoms with E-state index < -0.39 is 0 Å². The molecule has 0 aliphatic carbocycles. The van der Waals surface area contributed by atoms with Crippen LogP contribution in [0.3, 0.4) is 0 Å². The van der Waals surface area contributed by atoms with Crippen LogP contribution >= 0.6 is 0 Å². The van der Waals surface area contributed by atoms with Gasteiger partial charge in [-0.1, -0.05) is 87.0 Å². The van der Waals surface area contributed by atoms with Gasteiger partial charge in [-0.25, -0.2) is 0 Å². The van der Waals surface area contributed by atoms with Gasteiger partial charge >= 0.3 is 0 Å². The molecule has 0 rings (SSSR count). The van der Waals surface area contributed by atoms with E-state index in [0.717, 1.165) is 29.6 Å². The van der Waals surface area contributed by atoms with Crippen molar-refractivity contribution in [1.82, 2.24) is 0 Å². The van der Waals surface area contributed by atoms with Gasteiger partial charge in [0.25, 0.3) is 0 Å². The smallest absolute Gasteiger partial charge is 0.0386 e. The van der Waals surface area contributed by atoms with E-state index in [1.165, 1.54) is 44.9 Å². The molecule has 0 radical (unpaired) electrons. The minimum atomic E-state index is 0.897. The Morgan fingerprint density at radius 3 is 1.63 bits per heavy atom. The molecule has 19 heavy (non-hydrogen) atoms. The van der Waals surface area contributed by atoms with Crippen molar-refractivity contribution >= 4 is 0 Å². The zero-order valence-corrected chi connectivity index (χ0v) is 14.8. The number of hydrogen-bond acceptors (Lipinski definition) is 0. The fourth-order valence-electron chi connectivity index (χ4n) is 3.69. The van der Waals surface area contributed by atoms with Crippen molar-refractivity contribution in [1.29, 1.82) is 0 Å². The number of unbranched alkanes of at least 4 members (excludes halogenated alkanes) is 1. The third-order valence-electron chi connectivity index (χ3n) is 5.72. The lowest BCUT2D eigenvalue weighted by Gasteiger charge is -2.33. The second-order valence-electron chi connectivity index (χ2n) is 6.94. The van der Waals surface area contributed by atoms with E-state index in [2.05, 4.69) is 48.5 Å². The van der Waals surface area contributed by atoms with Crippen molar-refractivity contribution in [3.63, 3.8) is 0 Å². The molecule has 0 aromatic carbocycles. The Kier molecular flexibility index (Phi) is 10.7. The predicted octanol–water partition coefficient (Wildman–Crippen LogP) is 6.94. The van der Waals surface area contributed by atoms with Gasteiger partial charge < -0.3 is 0 Å². The third-order valence-corrected chi connectivity index (χ3v) is 5.72. The zero-order valence-electron chi connectivity index (χ0n) is 14.8. The molecule has 0 N–H and O–H groups in total. The highest BCUT2D eigenvalue weighted by atomic mass is 14.3. The van der Waals surface area contributed by atoms with Gasteiger partial charge in [0.05, 0.1) is 0 Å². The summed E-state index contributed by atoms with van der Waals surface area (Å²) in [6.45, 7) is 16.9. The van der Waals surface area contributed by atoms with Crippen molar-refractivity contribution in [2.24, 2.45) is 29.6 Å². The van der Waals surface area contributed by atoms with Crippen molar-refractivity contribution in [2.45, 2.75) is 93.4 Å². The van der Waals surface area contributed by atoms with Crippen LogP contribution in [0.15, 0.2) is 0 Å². The SMILES string of the molecule is CCCCC(C)C(C)CC(CC)C(C)C(CC)CC. The predicted molar refractivity (Wildman–Crippen MR) is 89.5 cm³/mol. The Morgan fingerprint density at radius 2 is 1.21 bits per heavy atom. The highest BCUT2D eigenvalue weighted by molar-refractivity contribution is 4.75. The summed E-state index contributed by atoms with van der Waals surface area (Å²) in [7, 11) is 0. The van der Waals surface area contributed by atoms with Crippen molar-refractivity contribution in [2.75, 3.05) is 0 Å². The summed E-state index contributed by atoms with van der Waals surface area (Å²) in [5.41, 5.74) is 0. The van der Waals surface area contributed by atoms with Gasteiger partial charge in [0.15, 0.2) is 0 Å². The average Bonchev–Trinajstić information content (AvgIpc) is 2.42. The molecule has 0 heterocycles. The summed E-state index contributed by atoms with van der Waals surface area (Å²) in [5, 5.41) is 0. The van der Waals surface area contributed by atoms with Crippen LogP contribution in [0.4, 0.5) is 0 Å². The first-order chi connectivity index (χ1) is 9.01. The lowest BCUT2D eigenvalue weighted by molar-refractivity contribution is 0.176. The van der Waals surface area contributed by atoms with Crippen LogP contribution in [0, 0.1) is 29.6 Å². The Balaban J connectivity index is 4.37. The molecular formula is C19H40. The lowest BCUT2D eigenvalue weighted by Crippen LogP contribution is -2.23. The molecule has 0 aliphatic rings. The molecule has 0 saturated carbocycles. The van der Waals surface area contributed by atoms with Crippen LogP contribution in [0.2, 0.25) is 0 Å². The molecule has 0 nitrogen and oxygen atoms in total. The topological polar surface area (TPSA) is 0 Å².